The summed E-state index contributed by atoms with van der Waals surface area (Å²) in [5.41, 5.74) is 3.64. The third-order valence-corrected chi connectivity index (χ3v) is 4.97. The van der Waals surface area contributed by atoms with Gasteiger partial charge in [-0.2, -0.15) is 0 Å². The number of benzene rings is 2. The minimum absolute atomic E-state index is 0.0137. The number of nitrogens with one attached hydrogen (secondary N) is 1. The fraction of sp³-hybridized carbons (Fsp3) is 0.182. The number of aromatic nitrogens is 1. The Hall–Kier alpha value is -3.12. The number of amides is 1. The van der Waals surface area contributed by atoms with Crippen molar-refractivity contribution in [3.05, 3.63) is 76.7 Å². The van der Waals surface area contributed by atoms with Gasteiger partial charge in [-0.3, -0.25) is 9.59 Å². The van der Waals surface area contributed by atoms with Crippen LogP contribution in [-0.4, -0.2) is 21.6 Å². The van der Waals surface area contributed by atoms with Crippen molar-refractivity contribution in [2.75, 3.05) is 5.32 Å². The molecular weight excluding hydrogens is 395 g/mol. The molecule has 7 heteroatoms. The highest BCUT2D eigenvalue weighted by atomic mass is 35.5. The van der Waals surface area contributed by atoms with Crippen LogP contribution in [0, 0.1) is 12.7 Å². The molecule has 1 amide bonds. The minimum atomic E-state index is -0.917. The average molecular weight is 415 g/mol. The molecule has 0 bridgehead atoms. The van der Waals surface area contributed by atoms with E-state index in [9.17, 15) is 14.0 Å². The lowest BCUT2D eigenvalue weighted by atomic mass is 10.1. The molecule has 0 fully saturated rings. The molecule has 0 unspecified atom stereocenters. The predicted octanol–water partition coefficient (Wildman–Crippen LogP) is 4.91. The minimum Gasteiger partial charge on any atom is -0.481 e. The first kappa shape index (κ1) is 20.6. The highest BCUT2D eigenvalue weighted by Gasteiger charge is 2.15. The zero-order valence-electron chi connectivity index (χ0n) is 15.8. The first-order valence-electron chi connectivity index (χ1n) is 9.05. The van der Waals surface area contributed by atoms with Crippen LogP contribution in [0.1, 0.15) is 17.7 Å². The molecular formula is C22H20ClFN2O3. The number of carbonyl (C=O) groups is 2. The number of carboxylic acids is 1. The third kappa shape index (κ3) is 5.23. The Bertz CT molecular complexity index is 1040. The lowest BCUT2D eigenvalue weighted by molar-refractivity contribution is -0.137. The summed E-state index contributed by atoms with van der Waals surface area (Å²) < 4.78 is 15.0. The molecule has 0 aliphatic carbocycles. The topological polar surface area (TPSA) is 71.3 Å². The Morgan fingerprint density at radius 1 is 1.10 bits per heavy atom. The molecule has 1 aromatic heterocycles. The molecule has 0 saturated carbocycles. The monoisotopic (exact) mass is 414 g/mol. The van der Waals surface area contributed by atoms with Crippen molar-refractivity contribution in [2.24, 2.45) is 0 Å². The standard InChI is InChI=1S/C22H20ClFN2O3/c1-14-2-7-17(12-19(14)23)25-21(27)13-26-18(9-11-22(28)29)8-10-20(26)15-3-5-16(24)6-4-15/h2-8,10,12H,9,11,13H2,1H3,(H,25,27)(H,28,29). The fourth-order valence-electron chi connectivity index (χ4n) is 3.04. The highest BCUT2D eigenvalue weighted by molar-refractivity contribution is 6.31. The van der Waals surface area contributed by atoms with Crippen LogP contribution in [0.3, 0.4) is 0 Å². The van der Waals surface area contributed by atoms with E-state index in [1.165, 1.54) is 12.1 Å². The summed E-state index contributed by atoms with van der Waals surface area (Å²) >= 11 is 6.11. The van der Waals surface area contributed by atoms with Crippen molar-refractivity contribution >= 4 is 29.2 Å². The van der Waals surface area contributed by atoms with E-state index in [0.29, 0.717) is 22.1 Å². The predicted molar refractivity (Wildman–Crippen MR) is 111 cm³/mol. The number of aliphatic carboxylic acids is 1. The highest BCUT2D eigenvalue weighted by Crippen LogP contribution is 2.25. The number of hydrogen-bond donors (Lipinski definition) is 2. The number of halogens is 2. The third-order valence-electron chi connectivity index (χ3n) is 4.56. The molecule has 0 radical (unpaired) electrons. The lowest BCUT2D eigenvalue weighted by Crippen LogP contribution is -2.21. The van der Waals surface area contributed by atoms with Crippen molar-refractivity contribution < 1.29 is 19.1 Å². The van der Waals surface area contributed by atoms with Crippen LogP contribution in [0.5, 0.6) is 0 Å². The molecule has 1 heterocycles. The van der Waals surface area contributed by atoms with Crippen LogP contribution in [0.2, 0.25) is 5.02 Å². The van der Waals surface area contributed by atoms with E-state index in [2.05, 4.69) is 5.32 Å². The first-order valence-corrected chi connectivity index (χ1v) is 9.43. The van der Waals surface area contributed by atoms with Gasteiger partial charge in [0.2, 0.25) is 5.91 Å². The summed E-state index contributed by atoms with van der Waals surface area (Å²) in [5, 5.41) is 12.4. The second-order valence-electron chi connectivity index (χ2n) is 6.71. The van der Waals surface area contributed by atoms with Crippen molar-refractivity contribution in [2.45, 2.75) is 26.3 Å². The Morgan fingerprint density at radius 2 is 1.83 bits per heavy atom. The lowest BCUT2D eigenvalue weighted by Gasteiger charge is -2.14. The van der Waals surface area contributed by atoms with Crippen molar-refractivity contribution in [1.82, 2.24) is 4.57 Å². The maximum Gasteiger partial charge on any atom is 0.303 e. The van der Waals surface area contributed by atoms with E-state index in [-0.39, 0.29) is 31.1 Å². The summed E-state index contributed by atoms with van der Waals surface area (Å²) in [6, 6.07) is 14.8. The van der Waals surface area contributed by atoms with Gasteiger partial charge in [0.25, 0.3) is 0 Å². The Morgan fingerprint density at radius 3 is 2.48 bits per heavy atom. The summed E-state index contributed by atoms with van der Waals surface area (Å²) in [4.78, 5) is 23.6. The maximum absolute atomic E-state index is 13.3. The Kier molecular flexibility index (Phi) is 6.34. The van der Waals surface area contributed by atoms with E-state index < -0.39 is 5.97 Å². The summed E-state index contributed by atoms with van der Waals surface area (Å²) in [6.45, 7) is 1.86. The van der Waals surface area contributed by atoms with Crippen LogP contribution in [0.25, 0.3) is 11.3 Å². The number of carbonyl (C=O) groups excluding carboxylic acids is 1. The number of hydrogen-bond acceptors (Lipinski definition) is 2. The van der Waals surface area contributed by atoms with Gasteiger partial charge in [0.1, 0.15) is 12.4 Å². The number of nitrogens with zero attached hydrogens (tertiary/aromatic N) is 1. The zero-order chi connectivity index (χ0) is 21.0. The van der Waals surface area contributed by atoms with Crippen LogP contribution in [0.15, 0.2) is 54.6 Å². The molecule has 29 heavy (non-hydrogen) atoms. The van der Waals surface area contributed by atoms with E-state index in [1.54, 1.807) is 41.0 Å². The Labute approximate surface area is 172 Å². The molecule has 5 nitrogen and oxygen atoms in total. The van der Waals surface area contributed by atoms with Crippen LogP contribution in [0.4, 0.5) is 10.1 Å². The molecule has 0 atom stereocenters. The van der Waals surface area contributed by atoms with Gasteiger partial charge in [-0.05, 0) is 73.0 Å². The van der Waals surface area contributed by atoms with E-state index in [0.717, 1.165) is 11.1 Å². The Balaban J connectivity index is 1.86. The zero-order valence-corrected chi connectivity index (χ0v) is 16.5. The van der Waals surface area contributed by atoms with Gasteiger partial charge >= 0.3 is 5.97 Å². The summed E-state index contributed by atoms with van der Waals surface area (Å²) in [5.74, 6) is -1.55. The van der Waals surface area contributed by atoms with Gasteiger partial charge in [-0.15, -0.1) is 0 Å². The van der Waals surface area contributed by atoms with Crippen LogP contribution < -0.4 is 5.32 Å². The van der Waals surface area contributed by atoms with Gasteiger partial charge in [-0.1, -0.05) is 17.7 Å². The molecule has 150 valence electrons. The smallest absolute Gasteiger partial charge is 0.303 e. The number of carboxylic acid groups (broad SMARTS) is 1. The van der Waals surface area contributed by atoms with Gasteiger partial charge in [0, 0.05) is 22.1 Å². The molecule has 2 aromatic carbocycles. The second-order valence-corrected chi connectivity index (χ2v) is 7.12. The molecule has 3 rings (SSSR count). The average Bonchev–Trinajstić information content (AvgIpc) is 3.06. The normalized spacial score (nSPS) is 10.7. The molecule has 0 saturated heterocycles. The molecule has 3 aromatic rings. The van der Waals surface area contributed by atoms with Gasteiger partial charge in [-0.25, -0.2) is 4.39 Å². The fourth-order valence-corrected chi connectivity index (χ4v) is 3.22. The quantitative estimate of drug-likeness (QED) is 0.577. The van der Waals surface area contributed by atoms with E-state index in [4.69, 9.17) is 16.7 Å². The largest absolute Gasteiger partial charge is 0.481 e. The van der Waals surface area contributed by atoms with Crippen LogP contribution in [-0.2, 0) is 22.6 Å². The van der Waals surface area contributed by atoms with Crippen molar-refractivity contribution in [3.8, 4) is 11.3 Å². The van der Waals surface area contributed by atoms with Crippen molar-refractivity contribution in [3.63, 3.8) is 0 Å². The van der Waals surface area contributed by atoms with E-state index in [1.807, 2.05) is 13.0 Å². The number of anilines is 1. The molecule has 0 aliphatic heterocycles. The summed E-state index contributed by atoms with van der Waals surface area (Å²) in [6.07, 6.45) is 0.224. The van der Waals surface area contributed by atoms with Crippen molar-refractivity contribution in [1.29, 1.82) is 0 Å². The molecule has 0 spiro atoms. The van der Waals surface area contributed by atoms with Crippen LogP contribution >= 0.6 is 11.6 Å². The molecule has 2 N–H and O–H groups in total. The van der Waals surface area contributed by atoms with Gasteiger partial charge in [0.15, 0.2) is 0 Å². The SMILES string of the molecule is Cc1ccc(NC(=O)Cn2c(CCC(=O)O)ccc2-c2ccc(F)cc2)cc1Cl. The van der Waals surface area contributed by atoms with Gasteiger partial charge in [0.05, 0.1) is 6.42 Å². The summed E-state index contributed by atoms with van der Waals surface area (Å²) in [7, 11) is 0. The number of rotatable bonds is 7. The van der Waals surface area contributed by atoms with E-state index >= 15 is 0 Å². The first-order chi connectivity index (χ1) is 13.8. The number of aryl methyl sites for hydroxylation is 2. The maximum atomic E-state index is 13.3. The molecule has 0 aliphatic rings. The second kappa shape index (κ2) is 8.92. The van der Waals surface area contributed by atoms with Gasteiger partial charge < -0.3 is 15.0 Å².